The van der Waals surface area contributed by atoms with Crippen LogP contribution in [0, 0.1) is 0 Å². The molecule has 1 N–H and O–H groups in total. The zero-order valence-electron chi connectivity index (χ0n) is 13.3. The zero-order valence-corrected chi connectivity index (χ0v) is 13.3. The molecule has 23 heavy (non-hydrogen) atoms. The molecule has 0 aliphatic carbocycles. The summed E-state index contributed by atoms with van der Waals surface area (Å²) in [5.74, 6) is 1.17. The van der Waals surface area contributed by atoms with Crippen molar-refractivity contribution in [2.75, 3.05) is 14.2 Å². The lowest BCUT2D eigenvalue weighted by atomic mass is 10.00. The number of rotatable bonds is 5. The number of aromatic amines is 1. The maximum atomic E-state index is 12.0. The number of hydrogen-bond acceptors (Lipinski definition) is 5. The molecule has 1 aromatic carbocycles. The lowest BCUT2D eigenvalue weighted by Gasteiger charge is -2.15. The minimum Gasteiger partial charge on any atom is -0.496 e. The monoisotopic (exact) mass is 314 g/mol. The SMILES string of the molecule is CCCc1cc(=O)oc2c(-c3cnc[nH]3)c(OC)cc(OC)c12. The highest BCUT2D eigenvalue weighted by Crippen LogP contribution is 2.42. The molecular weight excluding hydrogens is 296 g/mol. The van der Waals surface area contributed by atoms with Gasteiger partial charge in [0.2, 0.25) is 0 Å². The molecule has 2 heterocycles. The largest absolute Gasteiger partial charge is 0.496 e. The molecule has 6 heteroatoms. The Hall–Kier alpha value is -2.76. The van der Waals surface area contributed by atoms with Crippen LogP contribution in [-0.2, 0) is 6.42 Å². The molecule has 0 aliphatic heterocycles. The number of ether oxygens (including phenoxy) is 2. The van der Waals surface area contributed by atoms with E-state index in [4.69, 9.17) is 13.9 Å². The second-order valence-corrected chi connectivity index (χ2v) is 5.17. The summed E-state index contributed by atoms with van der Waals surface area (Å²) < 4.78 is 16.5. The van der Waals surface area contributed by atoms with Gasteiger partial charge in [-0.1, -0.05) is 13.3 Å². The van der Waals surface area contributed by atoms with Crippen molar-refractivity contribution < 1.29 is 13.9 Å². The molecule has 6 nitrogen and oxygen atoms in total. The van der Waals surface area contributed by atoms with E-state index in [-0.39, 0.29) is 0 Å². The molecular formula is C17H18N2O4. The average molecular weight is 314 g/mol. The van der Waals surface area contributed by atoms with Crippen LogP contribution in [0.2, 0.25) is 0 Å². The van der Waals surface area contributed by atoms with Crippen molar-refractivity contribution in [3.05, 3.63) is 40.6 Å². The molecule has 0 atom stereocenters. The zero-order chi connectivity index (χ0) is 16.4. The highest BCUT2D eigenvalue weighted by atomic mass is 16.5. The number of benzene rings is 1. The minimum absolute atomic E-state index is 0.392. The fraction of sp³-hybridized carbons (Fsp3) is 0.294. The molecule has 3 rings (SSSR count). The van der Waals surface area contributed by atoms with Crippen molar-refractivity contribution in [1.29, 1.82) is 0 Å². The van der Waals surface area contributed by atoms with Gasteiger partial charge in [0.05, 0.1) is 43.4 Å². The van der Waals surface area contributed by atoms with Gasteiger partial charge in [0.25, 0.3) is 0 Å². The Kier molecular flexibility index (Phi) is 4.06. The van der Waals surface area contributed by atoms with Crippen LogP contribution < -0.4 is 15.1 Å². The van der Waals surface area contributed by atoms with Crippen LogP contribution in [0.15, 0.2) is 33.9 Å². The summed E-state index contributed by atoms with van der Waals surface area (Å²) >= 11 is 0. The van der Waals surface area contributed by atoms with Crippen molar-refractivity contribution >= 4 is 11.0 Å². The molecule has 120 valence electrons. The molecule has 0 spiro atoms. The molecule has 0 unspecified atom stereocenters. The van der Waals surface area contributed by atoms with E-state index in [2.05, 4.69) is 16.9 Å². The van der Waals surface area contributed by atoms with E-state index >= 15 is 0 Å². The Bertz CT molecular complexity index is 882. The molecule has 0 aliphatic rings. The summed E-state index contributed by atoms with van der Waals surface area (Å²) in [6.45, 7) is 2.06. The number of aromatic nitrogens is 2. The third-order valence-electron chi connectivity index (χ3n) is 3.75. The lowest BCUT2D eigenvalue weighted by Crippen LogP contribution is -2.04. The first-order valence-corrected chi connectivity index (χ1v) is 7.40. The van der Waals surface area contributed by atoms with Gasteiger partial charge in [0, 0.05) is 12.1 Å². The standard InChI is InChI=1S/C17H18N2O4/c1-4-5-10-6-14(20)23-17-15(10)12(21-2)7-13(22-3)16(17)11-8-18-9-19-11/h6-9H,4-5H2,1-3H3,(H,18,19). The van der Waals surface area contributed by atoms with Gasteiger partial charge in [-0.2, -0.15) is 0 Å². The second kappa shape index (κ2) is 6.16. The van der Waals surface area contributed by atoms with Gasteiger partial charge in [-0.05, 0) is 12.0 Å². The normalized spacial score (nSPS) is 10.9. The van der Waals surface area contributed by atoms with Gasteiger partial charge in [0.1, 0.15) is 11.5 Å². The van der Waals surface area contributed by atoms with Crippen molar-refractivity contribution in [2.45, 2.75) is 19.8 Å². The van der Waals surface area contributed by atoms with Gasteiger partial charge in [-0.3, -0.25) is 0 Å². The predicted octanol–water partition coefficient (Wildman–Crippen LogP) is 3.15. The number of imidazole rings is 1. The molecule has 0 saturated heterocycles. The fourth-order valence-electron chi connectivity index (χ4n) is 2.80. The predicted molar refractivity (Wildman–Crippen MR) is 87.2 cm³/mol. The van der Waals surface area contributed by atoms with Gasteiger partial charge in [-0.25, -0.2) is 9.78 Å². The summed E-state index contributed by atoms with van der Waals surface area (Å²) in [7, 11) is 3.15. The van der Waals surface area contributed by atoms with E-state index in [1.807, 2.05) is 0 Å². The van der Waals surface area contributed by atoms with E-state index in [1.54, 1.807) is 32.8 Å². The first-order chi connectivity index (χ1) is 11.2. The smallest absolute Gasteiger partial charge is 0.336 e. The molecule has 0 fully saturated rings. The highest BCUT2D eigenvalue weighted by Gasteiger charge is 2.21. The molecule has 0 saturated carbocycles. The Morgan fingerprint density at radius 1 is 1.22 bits per heavy atom. The summed E-state index contributed by atoms with van der Waals surface area (Å²) in [6, 6.07) is 3.33. The maximum Gasteiger partial charge on any atom is 0.336 e. The number of hydrogen-bond donors (Lipinski definition) is 1. The quantitative estimate of drug-likeness (QED) is 0.732. The van der Waals surface area contributed by atoms with E-state index in [1.165, 1.54) is 6.07 Å². The van der Waals surface area contributed by atoms with Crippen molar-refractivity contribution in [2.24, 2.45) is 0 Å². The van der Waals surface area contributed by atoms with Gasteiger partial charge in [-0.15, -0.1) is 0 Å². The molecule has 0 amide bonds. The van der Waals surface area contributed by atoms with E-state index in [0.717, 1.165) is 23.8 Å². The first kappa shape index (κ1) is 15.1. The molecule has 2 aromatic heterocycles. The summed E-state index contributed by atoms with van der Waals surface area (Å²) in [4.78, 5) is 19.1. The number of nitrogens with one attached hydrogen (secondary N) is 1. The van der Waals surface area contributed by atoms with Crippen LogP contribution >= 0.6 is 0 Å². The van der Waals surface area contributed by atoms with Crippen molar-refractivity contribution in [3.8, 4) is 22.8 Å². The van der Waals surface area contributed by atoms with E-state index in [0.29, 0.717) is 28.3 Å². The third kappa shape index (κ3) is 2.56. The van der Waals surface area contributed by atoms with Gasteiger partial charge in [0.15, 0.2) is 5.58 Å². The van der Waals surface area contributed by atoms with Crippen molar-refractivity contribution in [1.82, 2.24) is 9.97 Å². The van der Waals surface area contributed by atoms with Crippen molar-refractivity contribution in [3.63, 3.8) is 0 Å². The average Bonchev–Trinajstić information content (AvgIpc) is 3.07. The summed E-state index contributed by atoms with van der Waals surface area (Å²) in [5, 5.41) is 0.791. The molecule has 0 radical (unpaired) electrons. The van der Waals surface area contributed by atoms with Gasteiger partial charge < -0.3 is 18.9 Å². The highest BCUT2D eigenvalue weighted by molar-refractivity contribution is 6.00. The fourth-order valence-corrected chi connectivity index (χ4v) is 2.80. The Balaban J connectivity index is 2.48. The Labute approximate surface area is 133 Å². The lowest BCUT2D eigenvalue weighted by molar-refractivity contribution is 0.396. The maximum absolute atomic E-state index is 12.0. The van der Waals surface area contributed by atoms with Crippen LogP contribution in [0.4, 0.5) is 0 Å². The number of nitrogens with zero attached hydrogens (tertiary/aromatic N) is 1. The number of aryl methyl sites for hydroxylation is 1. The van der Waals surface area contributed by atoms with E-state index in [9.17, 15) is 4.79 Å². The van der Waals surface area contributed by atoms with Crippen LogP contribution in [0.25, 0.3) is 22.2 Å². The number of H-pyrrole nitrogens is 1. The number of methoxy groups -OCH3 is 2. The number of fused-ring (bicyclic) bond motifs is 1. The van der Waals surface area contributed by atoms with Crippen LogP contribution in [0.3, 0.4) is 0 Å². The van der Waals surface area contributed by atoms with E-state index < -0.39 is 5.63 Å². The first-order valence-electron chi connectivity index (χ1n) is 7.40. The minimum atomic E-state index is -0.392. The van der Waals surface area contributed by atoms with Crippen LogP contribution in [-0.4, -0.2) is 24.2 Å². The summed E-state index contributed by atoms with van der Waals surface area (Å²) in [5.41, 5.74) is 2.33. The molecule has 3 aromatic rings. The molecule has 0 bridgehead atoms. The topological polar surface area (TPSA) is 77.4 Å². The van der Waals surface area contributed by atoms with Gasteiger partial charge >= 0.3 is 5.63 Å². The van der Waals surface area contributed by atoms with Crippen LogP contribution in [0.5, 0.6) is 11.5 Å². The summed E-state index contributed by atoms with van der Waals surface area (Å²) in [6.07, 6.45) is 4.90. The second-order valence-electron chi connectivity index (χ2n) is 5.17. The third-order valence-corrected chi connectivity index (χ3v) is 3.75. The Morgan fingerprint density at radius 3 is 2.61 bits per heavy atom. The van der Waals surface area contributed by atoms with Crippen LogP contribution in [0.1, 0.15) is 18.9 Å². The Morgan fingerprint density at radius 2 is 2.00 bits per heavy atom.